The van der Waals surface area contributed by atoms with E-state index >= 15 is 0 Å². The number of hydrogen-bond acceptors (Lipinski definition) is 4. The first-order valence-corrected chi connectivity index (χ1v) is 8.26. The SMILES string of the molecule is Cc1nc(-c2cccnc2)sc1C(=O)Nc1ccc(Cl)cc1Cl. The van der Waals surface area contributed by atoms with Gasteiger partial charge in [0.1, 0.15) is 9.88 Å². The highest BCUT2D eigenvalue weighted by molar-refractivity contribution is 7.17. The van der Waals surface area contributed by atoms with E-state index in [2.05, 4.69) is 15.3 Å². The van der Waals surface area contributed by atoms with Crippen molar-refractivity contribution in [2.24, 2.45) is 0 Å². The lowest BCUT2D eigenvalue weighted by Gasteiger charge is -2.06. The number of amides is 1. The maximum Gasteiger partial charge on any atom is 0.267 e. The van der Waals surface area contributed by atoms with E-state index in [1.165, 1.54) is 11.3 Å². The van der Waals surface area contributed by atoms with Gasteiger partial charge in [-0.05, 0) is 37.3 Å². The lowest BCUT2D eigenvalue weighted by molar-refractivity contribution is 0.103. The molecule has 0 fully saturated rings. The molecule has 0 atom stereocenters. The summed E-state index contributed by atoms with van der Waals surface area (Å²) >= 11 is 13.3. The van der Waals surface area contributed by atoms with Gasteiger partial charge in [-0.2, -0.15) is 0 Å². The van der Waals surface area contributed by atoms with Gasteiger partial charge >= 0.3 is 0 Å². The highest BCUT2D eigenvalue weighted by Gasteiger charge is 2.17. The number of pyridine rings is 1. The largest absolute Gasteiger partial charge is 0.320 e. The minimum atomic E-state index is -0.251. The van der Waals surface area contributed by atoms with E-state index in [4.69, 9.17) is 23.2 Å². The second-order valence-electron chi connectivity index (χ2n) is 4.75. The minimum absolute atomic E-state index is 0.251. The van der Waals surface area contributed by atoms with E-state index in [1.54, 1.807) is 37.5 Å². The third-order valence-electron chi connectivity index (χ3n) is 3.09. The van der Waals surface area contributed by atoms with Gasteiger partial charge in [0, 0.05) is 23.0 Å². The molecule has 0 radical (unpaired) electrons. The predicted molar refractivity (Wildman–Crippen MR) is 94.5 cm³/mol. The molecule has 116 valence electrons. The van der Waals surface area contributed by atoms with Crippen LogP contribution in [-0.2, 0) is 0 Å². The van der Waals surface area contributed by atoms with Gasteiger partial charge in [-0.25, -0.2) is 4.98 Å². The molecular weight excluding hydrogens is 353 g/mol. The van der Waals surface area contributed by atoms with Gasteiger partial charge in [0.25, 0.3) is 5.91 Å². The van der Waals surface area contributed by atoms with Crippen LogP contribution in [0.15, 0.2) is 42.7 Å². The van der Waals surface area contributed by atoms with E-state index in [9.17, 15) is 4.79 Å². The Bertz CT molecular complexity index is 865. The second kappa shape index (κ2) is 6.66. The third-order valence-corrected chi connectivity index (χ3v) is 4.84. The van der Waals surface area contributed by atoms with Crippen molar-refractivity contribution in [1.82, 2.24) is 9.97 Å². The summed E-state index contributed by atoms with van der Waals surface area (Å²) in [4.78, 5) is 21.5. The predicted octanol–water partition coefficient (Wildman–Crippen LogP) is 5.07. The topological polar surface area (TPSA) is 54.9 Å². The standard InChI is InChI=1S/C16H11Cl2N3OS/c1-9-14(23-16(20-9)10-3-2-6-19-8-10)15(22)21-13-5-4-11(17)7-12(13)18/h2-8H,1H3,(H,21,22). The number of thiazole rings is 1. The number of carbonyl (C=O) groups is 1. The highest BCUT2D eigenvalue weighted by Crippen LogP contribution is 2.30. The molecule has 0 aliphatic heterocycles. The van der Waals surface area contributed by atoms with Gasteiger partial charge in [-0.15, -0.1) is 11.3 Å². The molecule has 0 aliphatic carbocycles. The van der Waals surface area contributed by atoms with E-state index in [-0.39, 0.29) is 5.91 Å². The fraction of sp³-hybridized carbons (Fsp3) is 0.0625. The Kier molecular flexibility index (Phi) is 4.61. The van der Waals surface area contributed by atoms with Gasteiger partial charge in [0.05, 0.1) is 16.4 Å². The lowest BCUT2D eigenvalue weighted by Crippen LogP contribution is -2.11. The first-order chi connectivity index (χ1) is 11.0. The van der Waals surface area contributed by atoms with Crippen LogP contribution in [-0.4, -0.2) is 15.9 Å². The van der Waals surface area contributed by atoms with Crippen LogP contribution in [0.5, 0.6) is 0 Å². The Balaban J connectivity index is 1.87. The smallest absolute Gasteiger partial charge is 0.267 e. The fourth-order valence-electron chi connectivity index (χ4n) is 1.99. The van der Waals surface area contributed by atoms with Crippen LogP contribution in [0.1, 0.15) is 15.4 Å². The summed E-state index contributed by atoms with van der Waals surface area (Å²) in [6, 6.07) is 8.66. The molecular formula is C16H11Cl2N3OS. The van der Waals surface area contributed by atoms with Crippen LogP contribution >= 0.6 is 34.5 Å². The number of aryl methyl sites for hydroxylation is 1. The number of hydrogen-bond donors (Lipinski definition) is 1. The van der Waals surface area contributed by atoms with Gasteiger partial charge in [0.15, 0.2) is 0 Å². The normalized spacial score (nSPS) is 10.6. The molecule has 1 amide bonds. The Morgan fingerprint density at radius 3 is 2.78 bits per heavy atom. The van der Waals surface area contributed by atoms with Crippen molar-refractivity contribution in [1.29, 1.82) is 0 Å². The Labute approximate surface area is 147 Å². The number of carbonyl (C=O) groups excluding carboxylic acids is 1. The quantitative estimate of drug-likeness (QED) is 0.706. The zero-order valence-electron chi connectivity index (χ0n) is 12.0. The van der Waals surface area contributed by atoms with Crippen LogP contribution in [0.25, 0.3) is 10.6 Å². The highest BCUT2D eigenvalue weighted by atomic mass is 35.5. The van der Waals surface area contributed by atoms with E-state index in [0.717, 1.165) is 10.6 Å². The average Bonchev–Trinajstić information content (AvgIpc) is 2.93. The van der Waals surface area contributed by atoms with Crippen molar-refractivity contribution < 1.29 is 4.79 Å². The minimum Gasteiger partial charge on any atom is -0.320 e. The third kappa shape index (κ3) is 3.52. The molecule has 1 N–H and O–H groups in total. The molecule has 7 heteroatoms. The summed E-state index contributed by atoms with van der Waals surface area (Å²) in [5.74, 6) is -0.251. The molecule has 0 bridgehead atoms. The van der Waals surface area contributed by atoms with Crippen LogP contribution in [0.4, 0.5) is 5.69 Å². The van der Waals surface area contributed by atoms with Crippen LogP contribution in [0, 0.1) is 6.92 Å². The Hall–Kier alpha value is -1.95. The summed E-state index contributed by atoms with van der Waals surface area (Å²) in [6.07, 6.45) is 3.41. The van der Waals surface area contributed by atoms with Crippen molar-refractivity contribution in [3.63, 3.8) is 0 Å². The molecule has 2 heterocycles. The summed E-state index contributed by atoms with van der Waals surface area (Å²) in [5, 5.41) is 4.44. The number of aromatic nitrogens is 2. The van der Waals surface area contributed by atoms with Crippen molar-refractivity contribution in [2.75, 3.05) is 5.32 Å². The zero-order chi connectivity index (χ0) is 16.4. The van der Waals surface area contributed by atoms with Gasteiger partial charge < -0.3 is 5.32 Å². The maximum atomic E-state index is 12.5. The van der Waals surface area contributed by atoms with Gasteiger partial charge in [-0.3, -0.25) is 9.78 Å². The molecule has 0 spiro atoms. The average molecular weight is 364 g/mol. The lowest BCUT2D eigenvalue weighted by atomic mass is 10.3. The van der Waals surface area contributed by atoms with Crippen molar-refractivity contribution >= 4 is 46.1 Å². The van der Waals surface area contributed by atoms with Gasteiger partial charge in [-0.1, -0.05) is 23.2 Å². The molecule has 23 heavy (non-hydrogen) atoms. The van der Waals surface area contributed by atoms with Gasteiger partial charge in [0.2, 0.25) is 0 Å². The van der Waals surface area contributed by atoms with E-state index in [1.807, 2.05) is 12.1 Å². The van der Waals surface area contributed by atoms with E-state index < -0.39 is 0 Å². The molecule has 2 aromatic heterocycles. The monoisotopic (exact) mass is 363 g/mol. The number of anilines is 1. The fourth-order valence-corrected chi connectivity index (χ4v) is 3.40. The second-order valence-corrected chi connectivity index (χ2v) is 6.60. The zero-order valence-corrected chi connectivity index (χ0v) is 14.3. The van der Waals surface area contributed by atoms with Crippen molar-refractivity contribution in [3.8, 4) is 10.6 Å². The van der Waals surface area contributed by atoms with E-state index in [0.29, 0.717) is 26.3 Å². The Morgan fingerprint density at radius 2 is 2.09 bits per heavy atom. The summed E-state index contributed by atoms with van der Waals surface area (Å²) in [5.41, 5.74) is 2.05. The Morgan fingerprint density at radius 1 is 1.26 bits per heavy atom. The molecule has 0 aliphatic rings. The summed E-state index contributed by atoms with van der Waals surface area (Å²) < 4.78 is 0. The van der Waals surface area contributed by atoms with Crippen LogP contribution in [0.2, 0.25) is 10.0 Å². The molecule has 3 rings (SSSR count). The summed E-state index contributed by atoms with van der Waals surface area (Å²) in [6.45, 7) is 1.80. The van der Waals surface area contributed by atoms with Crippen LogP contribution in [0.3, 0.4) is 0 Å². The van der Waals surface area contributed by atoms with Crippen LogP contribution < -0.4 is 5.32 Å². The number of rotatable bonds is 3. The number of nitrogens with zero attached hydrogens (tertiary/aromatic N) is 2. The summed E-state index contributed by atoms with van der Waals surface area (Å²) in [7, 11) is 0. The number of halogens is 2. The maximum absolute atomic E-state index is 12.5. The molecule has 0 saturated carbocycles. The molecule has 0 unspecified atom stereocenters. The molecule has 0 saturated heterocycles. The first kappa shape index (κ1) is 15.9. The molecule has 4 nitrogen and oxygen atoms in total. The molecule has 1 aromatic carbocycles. The number of benzene rings is 1. The van der Waals surface area contributed by atoms with Crippen molar-refractivity contribution in [3.05, 3.63) is 63.3 Å². The first-order valence-electron chi connectivity index (χ1n) is 6.69. The van der Waals surface area contributed by atoms with Crippen molar-refractivity contribution in [2.45, 2.75) is 6.92 Å². The number of nitrogens with one attached hydrogen (secondary N) is 1. The molecule has 3 aromatic rings.